The quantitative estimate of drug-likeness (QED) is 0.731. The smallest absolute Gasteiger partial charge is 0.257 e. The second kappa shape index (κ2) is 6.54. The molecule has 0 saturated carbocycles. The van der Waals surface area contributed by atoms with E-state index in [4.69, 9.17) is 4.74 Å². The number of para-hydroxylation sites is 1. The zero-order valence-electron chi connectivity index (χ0n) is 11.3. The highest BCUT2D eigenvalue weighted by atomic mass is 16.5. The number of amides is 1. The first kappa shape index (κ1) is 13.8. The van der Waals surface area contributed by atoms with Crippen molar-refractivity contribution in [1.82, 2.24) is 16.2 Å². The zero-order chi connectivity index (χ0) is 13.7. The SMILES string of the molecule is CC1NNC(C)C1CNC(=O)COc1ccccc1. The van der Waals surface area contributed by atoms with Crippen LogP contribution < -0.4 is 20.9 Å². The monoisotopic (exact) mass is 263 g/mol. The Labute approximate surface area is 113 Å². The molecule has 5 heteroatoms. The van der Waals surface area contributed by atoms with Crippen LogP contribution in [0.1, 0.15) is 13.8 Å². The van der Waals surface area contributed by atoms with Gasteiger partial charge in [0.15, 0.2) is 6.61 Å². The number of nitrogens with one attached hydrogen (secondary N) is 3. The Hall–Kier alpha value is -1.59. The van der Waals surface area contributed by atoms with Gasteiger partial charge in [-0.15, -0.1) is 0 Å². The van der Waals surface area contributed by atoms with Gasteiger partial charge in [-0.05, 0) is 26.0 Å². The van der Waals surface area contributed by atoms with Crippen molar-refractivity contribution in [2.24, 2.45) is 5.92 Å². The van der Waals surface area contributed by atoms with Crippen molar-refractivity contribution < 1.29 is 9.53 Å². The molecule has 0 aromatic heterocycles. The molecule has 1 heterocycles. The molecule has 1 aliphatic heterocycles. The fourth-order valence-corrected chi connectivity index (χ4v) is 2.21. The topological polar surface area (TPSA) is 62.4 Å². The van der Waals surface area contributed by atoms with Gasteiger partial charge in [-0.3, -0.25) is 15.6 Å². The van der Waals surface area contributed by atoms with E-state index in [9.17, 15) is 4.79 Å². The Morgan fingerprint density at radius 1 is 1.21 bits per heavy atom. The van der Waals surface area contributed by atoms with Crippen molar-refractivity contribution in [3.63, 3.8) is 0 Å². The van der Waals surface area contributed by atoms with E-state index in [1.807, 2.05) is 30.3 Å². The van der Waals surface area contributed by atoms with Crippen LogP contribution in [-0.4, -0.2) is 31.1 Å². The summed E-state index contributed by atoms with van der Waals surface area (Å²) in [6.07, 6.45) is 0. The standard InChI is InChI=1S/C14H21N3O2/c1-10-13(11(2)17-16-10)8-15-14(18)9-19-12-6-4-3-5-7-12/h3-7,10-11,13,16-17H,8-9H2,1-2H3,(H,15,18). The molecule has 1 aliphatic rings. The average Bonchev–Trinajstić information content (AvgIpc) is 2.75. The molecular formula is C14H21N3O2. The molecule has 1 saturated heterocycles. The highest BCUT2D eigenvalue weighted by Crippen LogP contribution is 2.13. The third kappa shape index (κ3) is 3.94. The summed E-state index contributed by atoms with van der Waals surface area (Å²) in [5.74, 6) is 1.01. The molecule has 2 unspecified atom stereocenters. The minimum atomic E-state index is -0.0878. The lowest BCUT2D eigenvalue weighted by Crippen LogP contribution is -2.39. The van der Waals surface area contributed by atoms with E-state index in [2.05, 4.69) is 30.0 Å². The van der Waals surface area contributed by atoms with Gasteiger partial charge < -0.3 is 10.1 Å². The van der Waals surface area contributed by atoms with Crippen molar-refractivity contribution in [3.8, 4) is 5.75 Å². The molecule has 1 fully saturated rings. The zero-order valence-corrected chi connectivity index (χ0v) is 11.3. The van der Waals surface area contributed by atoms with Crippen LogP contribution in [0, 0.1) is 5.92 Å². The number of hydrogen-bond acceptors (Lipinski definition) is 4. The second-order valence-electron chi connectivity index (χ2n) is 4.94. The molecule has 3 N–H and O–H groups in total. The lowest BCUT2D eigenvalue weighted by molar-refractivity contribution is -0.123. The van der Waals surface area contributed by atoms with Gasteiger partial charge in [0, 0.05) is 24.5 Å². The van der Waals surface area contributed by atoms with Crippen LogP contribution in [0.3, 0.4) is 0 Å². The summed E-state index contributed by atoms with van der Waals surface area (Å²) < 4.78 is 5.39. The molecule has 19 heavy (non-hydrogen) atoms. The van der Waals surface area contributed by atoms with Gasteiger partial charge in [-0.25, -0.2) is 0 Å². The first-order valence-electron chi connectivity index (χ1n) is 6.62. The molecule has 1 aromatic carbocycles. The lowest BCUT2D eigenvalue weighted by atomic mass is 9.97. The van der Waals surface area contributed by atoms with Crippen molar-refractivity contribution in [2.75, 3.05) is 13.2 Å². The van der Waals surface area contributed by atoms with Gasteiger partial charge in [-0.1, -0.05) is 18.2 Å². The van der Waals surface area contributed by atoms with Crippen molar-refractivity contribution in [1.29, 1.82) is 0 Å². The van der Waals surface area contributed by atoms with E-state index in [-0.39, 0.29) is 12.5 Å². The maximum Gasteiger partial charge on any atom is 0.257 e. The Kier molecular flexibility index (Phi) is 4.76. The Bertz CT molecular complexity index is 400. The average molecular weight is 263 g/mol. The van der Waals surface area contributed by atoms with Crippen LogP contribution >= 0.6 is 0 Å². The number of carbonyl (C=O) groups is 1. The molecule has 1 amide bonds. The number of carbonyl (C=O) groups excluding carboxylic acids is 1. The van der Waals surface area contributed by atoms with Crippen LogP contribution in [0.2, 0.25) is 0 Å². The van der Waals surface area contributed by atoms with E-state index in [0.717, 1.165) is 0 Å². The molecule has 104 valence electrons. The van der Waals surface area contributed by atoms with E-state index in [0.29, 0.717) is 30.3 Å². The number of hydrogen-bond donors (Lipinski definition) is 3. The molecular weight excluding hydrogens is 242 g/mol. The molecule has 0 radical (unpaired) electrons. The highest BCUT2D eigenvalue weighted by molar-refractivity contribution is 5.77. The molecule has 2 atom stereocenters. The predicted molar refractivity (Wildman–Crippen MR) is 73.6 cm³/mol. The maximum atomic E-state index is 11.7. The molecule has 5 nitrogen and oxygen atoms in total. The minimum absolute atomic E-state index is 0.0559. The summed E-state index contributed by atoms with van der Waals surface area (Å²) in [5.41, 5.74) is 6.34. The van der Waals surface area contributed by atoms with Gasteiger partial charge in [0.2, 0.25) is 0 Å². The van der Waals surface area contributed by atoms with Gasteiger partial charge in [0.25, 0.3) is 5.91 Å². The summed E-state index contributed by atoms with van der Waals surface area (Å²) in [6, 6.07) is 10.1. The van der Waals surface area contributed by atoms with Crippen LogP contribution in [0.5, 0.6) is 5.75 Å². The van der Waals surface area contributed by atoms with E-state index in [1.54, 1.807) is 0 Å². The molecule has 1 aromatic rings. The first-order chi connectivity index (χ1) is 9.16. The molecule has 2 rings (SSSR count). The van der Waals surface area contributed by atoms with Crippen molar-refractivity contribution in [3.05, 3.63) is 30.3 Å². The number of rotatable bonds is 5. The summed E-state index contributed by atoms with van der Waals surface area (Å²) in [7, 11) is 0. The van der Waals surface area contributed by atoms with Crippen molar-refractivity contribution >= 4 is 5.91 Å². The van der Waals surface area contributed by atoms with Gasteiger partial charge in [0.05, 0.1) is 0 Å². The van der Waals surface area contributed by atoms with Crippen LogP contribution in [0.15, 0.2) is 30.3 Å². The Morgan fingerprint density at radius 2 is 1.84 bits per heavy atom. The van der Waals surface area contributed by atoms with E-state index < -0.39 is 0 Å². The number of ether oxygens (including phenoxy) is 1. The van der Waals surface area contributed by atoms with E-state index in [1.165, 1.54) is 0 Å². The molecule has 0 bridgehead atoms. The van der Waals surface area contributed by atoms with Gasteiger partial charge in [-0.2, -0.15) is 0 Å². The fraction of sp³-hybridized carbons (Fsp3) is 0.500. The van der Waals surface area contributed by atoms with E-state index >= 15 is 0 Å². The number of hydrazine groups is 1. The largest absolute Gasteiger partial charge is 0.484 e. The van der Waals surface area contributed by atoms with Gasteiger partial charge in [0.1, 0.15) is 5.75 Å². The maximum absolute atomic E-state index is 11.7. The third-order valence-corrected chi connectivity index (χ3v) is 3.47. The minimum Gasteiger partial charge on any atom is -0.484 e. The lowest BCUT2D eigenvalue weighted by Gasteiger charge is -2.18. The summed E-state index contributed by atoms with van der Waals surface area (Å²) >= 11 is 0. The van der Waals surface area contributed by atoms with Gasteiger partial charge >= 0.3 is 0 Å². The van der Waals surface area contributed by atoms with Crippen molar-refractivity contribution in [2.45, 2.75) is 25.9 Å². The van der Waals surface area contributed by atoms with Crippen LogP contribution in [-0.2, 0) is 4.79 Å². The normalized spacial score (nSPS) is 26.1. The Morgan fingerprint density at radius 3 is 2.47 bits per heavy atom. The predicted octanol–water partition coefficient (Wildman–Crippen LogP) is 0.683. The Balaban J connectivity index is 1.70. The summed E-state index contributed by atoms with van der Waals surface area (Å²) in [5, 5.41) is 2.91. The summed E-state index contributed by atoms with van der Waals surface area (Å²) in [4.78, 5) is 11.7. The van der Waals surface area contributed by atoms with Crippen LogP contribution in [0.25, 0.3) is 0 Å². The number of benzene rings is 1. The second-order valence-corrected chi connectivity index (χ2v) is 4.94. The molecule has 0 aliphatic carbocycles. The first-order valence-corrected chi connectivity index (χ1v) is 6.62. The highest BCUT2D eigenvalue weighted by Gasteiger charge is 2.29. The molecule has 0 spiro atoms. The fourth-order valence-electron chi connectivity index (χ4n) is 2.21. The third-order valence-electron chi connectivity index (χ3n) is 3.47. The van der Waals surface area contributed by atoms with Crippen LogP contribution in [0.4, 0.5) is 0 Å². The summed E-state index contributed by atoms with van der Waals surface area (Å²) in [6.45, 7) is 4.92.